The fourth-order valence-electron chi connectivity index (χ4n) is 3.21. The summed E-state index contributed by atoms with van der Waals surface area (Å²) >= 11 is 6.02. The second-order valence-corrected chi connectivity index (χ2v) is 6.66. The van der Waals surface area contributed by atoms with Gasteiger partial charge in [0.25, 0.3) is 0 Å². The van der Waals surface area contributed by atoms with Crippen molar-refractivity contribution in [3.8, 4) is 5.75 Å². The smallest absolute Gasteiger partial charge is 0.124 e. The van der Waals surface area contributed by atoms with Crippen molar-refractivity contribution in [1.82, 2.24) is 4.90 Å². The van der Waals surface area contributed by atoms with E-state index in [9.17, 15) is 5.11 Å². The number of hydrogen-bond donors (Lipinski definition) is 1. The summed E-state index contributed by atoms with van der Waals surface area (Å²) < 4.78 is 5.50. The Kier molecular flexibility index (Phi) is 6.08. The van der Waals surface area contributed by atoms with Crippen molar-refractivity contribution < 1.29 is 9.84 Å². The number of phenolic OH excluding ortho intramolecular Hbond substituents is 1. The van der Waals surface area contributed by atoms with Crippen molar-refractivity contribution in [2.75, 3.05) is 26.3 Å². The van der Waals surface area contributed by atoms with Crippen molar-refractivity contribution in [3.63, 3.8) is 0 Å². The molecule has 0 unspecified atom stereocenters. The molecule has 5 heteroatoms. The van der Waals surface area contributed by atoms with Crippen LogP contribution < -0.4 is 0 Å². The minimum absolute atomic E-state index is 0.0267. The standard InChI is InChI=1S/C20H23ClN2O2/c1-15(22-14-17-13-18(21)7-8-19(17)24)20(16-5-3-2-4-6-16)23-9-11-25-12-10-23/h2-8,13-15,20,24H,9-12H2,1H3/t15-,20-/m0/s1. The third-order valence-corrected chi connectivity index (χ3v) is 4.71. The highest BCUT2D eigenvalue weighted by Gasteiger charge is 2.27. The van der Waals surface area contributed by atoms with Crippen LogP contribution in [-0.2, 0) is 4.74 Å². The van der Waals surface area contributed by atoms with Crippen LogP contribution in [-0.4, -0.2) is 48.6 Å². The molecule has 1 fully saturated rings. The Labute approximate surface area is 153 Å². The van der Waals surface area contributed by atoms with Crippen LogP contribution in [0.15, 0.2) is 53.5 Å². The molecular weight excluding hydrogens is 336 g/mol. The maximum absolute atomic E-state index is 9.98. The summed E-state index contributed by atoms with van der Waals surface area (Å²) in [4.78, 5) is 7.14. The fourth-order valence-corrected chi connectivity index (χ4v) is 3.39. The van der Waals surface area contributed by atoms with Crippen LogP contribution >= 0.6 is 11.6 Å². The highest BCUT2D eigenvalue weighted by atomic mass is 35.5. The average molecular weight is 359 g/mol. The van der Waals surface area contributed by atoms with E-state index in [1.54, 1.807) is 24.4 Å². The molecule has 4 nitrogen and oxygen atoms in total. The molecule has 0 spiro atoms. The summed E-state index contributed by atoms with van der Waals surface area (Å²) in [6.45, 7) is 5.37. The van der Waals surface area contributed by atoms with E-state index >= 15 is 0 Å². The Balaban J connectivity index is 1.84. The average Bonchev–Trinajstić information content (AvgIpc) is 2.64. The molecule has 2 aromatic carbocycles. The zero-order valence-electron chi connectivity index (χ0n) is 14.3. The predicted molar refractivity (Wildman–Crippen MR) is 102 cm³/mol. The van der Waals surface area contributed by atoms with Crippen molar-refractivity contribution in [3.05, 3.63) is 64.7 Å². The van der Waals surface area contributed by atoms with E-state index in [4.69, 9.17) is 21.3 Å². The molecule has 2 aromatic rings. The van der Waals surface area contributed by atoms with Gasteiger partial charge in [-0.3, -0.25) is 9.89 Å². The van der Waals surface area contributed by atoms with Crippen LogP contribution in [0.3, 0.4) is 0 Å². The van der Waals surface area contributed by atoms with Gasteiger partial charge in [0.15, 0.2) is 0 Å². The highest BCUT2D eigenvalue weighted by molar-refractivity contribution is 6.30. The van der Waals surface area contributed by atoms with E-state index in [0.717, 1.165) is 26.3 Å². The van der Waals surface area contributed by atoms with Crippen LogP contribution in [0.25, 0.3) is 0 Å². The first-order valence-electron chi connectivity index (χ1n) is 8.53. The Morgan fingerprint density at radius 2 is 1.88 bits per heavy atom. The van der Waals surface area contributed by atoms with E-state index in [0.29, 0.717) is 10.6 Å². The first-order valence-corrected chi connectivity index (χ1v) is 8.91. The molecule has 0 radical (unpaired) electrons. The number of aliphatic imine (C=N–C) groups is 1. The number of halogens is 1. The summed E-state index contributed by atoms with van der Waals surface area (Å²) in [7, 11) is 0. The quantitative estimate of drug-likeness (QED) is 0.824. The van der Waals surface area contributed by atoms with Gasteiger partial charge in [0.05, 0.1) is 25.3 Å². The number of nitrogens with zero attached hydrogens (tertiary/aromatic N) is 2. The molecule has 25 heavy (non-hydrogen) atoms. The highest BCUT2D eigenvalue weighted by Crippen LogP contribution is 2.28. The lowest BCUT2D eigenvalue weighted by atomic mass is 9.98. The number of hydrogen-bond acceptors (Lipinski definition) is 4. The number of ether oxygens (including phenoxy) is 1. The number of rotatable bonds is 5. The zero-order chi connectivity index (χ0) is 17.6. The predicted octanol–water partition coefficient (Wildman–Crippen LogP) is 3.93. The van der Waals surface area contributed by atoms with Gasteiger partial charge in [-0.15, -0.1) is 0 Å². The van der Waals surface area contributed by atoms with Crippen molar-refractivity contribution >= 4 is 17.8 Å². The van der Waals surface area contributed by atoms with Crippen molar-refractivity contribution in [2.45, 2.75) is 19.0 Å². The minimum atomic E-state index is 0.0267. The van der Waals surface area contributed by atoms with Gasteiger partial charge in [-0.2, -0.15) is 0 Å². The molecule has 1 aliphatic heterocycles. The van der Waals surface area contributed by atoms with Gasteiger partial charge in [0.1, 0.15) is 5.75 Å². The Morgan fingerprint density at radius 1 is 1.16 bits per heavy atom. The molecule has 1 aliphatic rings. The molecule has 3 rings (SSSR count). The summed E-state index contributed by atoms with van der Waals surface area (Å²) in [5, 5.41) is 10.6. The van der Waals surface area contributed by atoms with Gasteiger partial charge in [0.2, 0.25) is 0 Å². The second-order valence-electron chi connectivity index (χ2n) is 6.23. The van der Waals surface area contributed by atoms with Gasteiger partial charge >= 0.3 is 0 Å². The van der Waals surface area contributed by atoms with Gasteiger partial charge < -0.3 is 9.84 Å². The van der Waals surface area contributed by atoms with Crippen molar-refractivity contribution in [2.24, 2.45) is 4.99 Å². The summed E-state index contributed by atoms with van der Waals surface area (Å²) in [6, 6.07) is 15.6. The molecule has 0 aromatic heterocycles. The number of phenols is 1. The number of morpholine rings is 1. The van der Waals surface area contributed by atoms with Crippen LogP contribution in [0.1, 0.15) is 24.1 Å². The van der Waals surface area contributed by atoms with Gasteiger partial charge in [-0.05, 0) is 30.7 Å². The summed E-state index contributed by atoms with van der Waals surface area (Å²) in [5.74, 6) is 0.183. The van der Waals surface area contributed by atoms with E-state index < -0.39 is 0 Å². The molecule has 0 aliphatic carbocycles. The first-order chi connectivity index (χ1) is 12.1. The van der Waals surface area contributed by atoms with Gasteiger partial charge in [-0.25, -0.2) is 0 Å². The number of benzene rings is 2. The van der Waals surface area contributed by atoms with E-state index in [-0.39, 0.29) is 17.8 Å². The Bertz CT molecular complexity index is 715. The third-order valence-electron chi connectivity index (χ3n) is 4.48. The summed E-state index contributed by atoms with van der Waals surface area (Å²) in [5.41, 5.74) is 1.87. The maximum atomic E-state index is 9.98. The normalized spacial score (nSPS) is 18.3. The van der Waals surface area contributed by atoms with Crippen LogP contribution in [0, 0.1) is 0 Å². The van der Waals surface area contributed by atoms with E-state index in [1.165, 1.54) is 5.56 Å². The molecule has 2 atom stereocenters. The second kappa shape index (κ2) is 8.48. The van der Waals surface area contributed by atoms with Crippen LogP contribution in [0.5, 0.6) is 5.75 Å². The Hall–Kier alpha value is -1.88. The lowest BCUT2D eigenvalue weighted by Gasteiger charge is -2.37. The molecule has 0 bridgehead atoms. The van der Waals surface area contributed by atoms with E-state index in [1.807, 2.05) is 6.07 Å². The molecule has 1 N–H and O–H groups in total. The van der Waals surface area contributed by atoms with Gasteiger partial charge in [-0.1, -0.05) is 41.9 Å². The monoisotopic (exact) mass is 358 g/mol. The molecule has 1 saturated heterocycles. The Morgan fingerprint density at radius 3 is 2.60 bits per heavy atom. The molecule has 1 heterocycles. The lowest BCUT2D eigenvalue weighted by molar-refractivity contribution is 0.0119. The molecule has 132 valence electrons. The van der Waals surface area contributed by atoms with Gasteiger partial charge in [0, 0.05) is 29.9 Å². The van der Waals surface area contributed by atoms with E-state index in [2.05, 4.69) is 36.1 Å². The number of aromatic hydroxyl groups is 1. The molecule has 0 saturated carbocycles. The first kappa shape index (κ1) is 17.9. The van der Waals surface area contributed by atoms with Crippen LogP contribution in [0.4, 0.5) is 0 Å². The largest absolute Gasteiger partial charge is 0.507 e. The lowest BCUT2D eigenvalue weighted by Crippen LogP contribution is -2.42. The third kappa shape index (κ3) is 4.60. The molecule has 0 amide bonds. The van der Waals surface area contributed by atoms with Crippen molar-refractivity contribution in [1.29, 1.82) is 0 Å². The summed E-state index contributed by atoms with van der Waals surface area (Å²) in [6.07, 6.45) is 1.71. The fraction of sp³-hybridized carbons (Fsp3) is 0.350. The SMILES string of the molecule is C[C@H](N=Cc1cc(Cl)ccc1O)[C@@H](c1ccccc1)N1CCOCC1. The topological polar surface area (TPSA) is 45.1 Å². The molecular formula is C20H23ClN2O2. The minimum Gasteiger partial charge on any atom is -0.507 e. The zero-order valence-corrected chi connectivity index (χ0v) is 15.1. The maximum Gasteiger partial charge on any atom is 0.124 e. The van der Waals surface area contributed by atoms with Crippen LogP contribution in [0.2, 0.25) is 5.02 Å².